The highest BCUT2D eigenvalue weighted by Crippen LogP contribution is 2.36. The number of methoxy groups -OCH3 is 1. The maximum atomic E-state index is 12.2. The zero-order valence-corrected chi connectivity index (χ0v) is 14.0. The summed E-state index contributed by atoms with van der Waals surface area (Å²) in [6.07, 6.45) is 1.09. The molecule has 3 rings (SSSR count). The molecule has 1 aliphatic heterocycles. The predicted octanol–water partition coefficient (Wildman–Crippen LogP) is 2.52. The van der Waals surface area contributed by atoms with Crippen LogP contribution in [-0.4, -0.2) is 31.0 Å². The number of ether oxygens (including phenoxy) is 1. The van der Waals surface area contributed by atoms with Gasteiger partial charge in [0, 0.05) is 23.5 Å². The number of ketones is 1. The van der Waals surface area contributed by atoms with Gasteiger partial charge in [0.2, 0.25) is 0 Å². The number of thiophene rings is 1. The molecule has 0 bridgehead atoms. The van der Waals surface area contributed by atoms with Crippen LogP contribution in [-0.2, 0) is 22.4 Å². The zero-order chi connectivity index (χ0) is 17.1. The number of para-hydroxylation sites is 1. The summed E-state index contributed by atoms with van der Waals surface area (Å²) in [6.45, 7) is 0. The first kappa shape index (κ1) is 16.7. The molecule has 0 fully saturated rings. The van der Waals surface area contributed by atoms with Gasteiger partial charge in [-0.3, -0.25) is 4.79 Å². The fourth-order valence-electron chi connectivity index (χ4n) is 2.90. The number of hydrogen-bond acceptors (Lipinski definition) is 6. The Labute approximate surface area is 144 Å². The lowest BCUT2D eigenvalue weighted by atomic mass is 9.64. The molecular weight excluding hydrogens is 327 g/mol. The van der Waals surface area contributed by atoms with Crippen LogP contribution in [0.4, 0.5) is 0 Å². The van der Waals surface area contributed by atoms with Crippen molar-refractivity contribution in [2.75, 3.05) is 7.11 Å². The number of fused-ring (bicyclic) bond motifs is 1. The Balaban J connectivity index is 1.73. The van der Waals surface area contributed by atoms with Crippen molar-refractivity contribution in [2.24, 2.45) is 0 Å². The maximum absolute atomic E-state index is 12.2. The number of carbonyl (C=O) groups excluding carboxylic acids is 2. The SMILES string of the molecule is COC(=O)c1cccc2c1OB(O)[C@@H](CC(=O)Cc1cccs1)C2. The number of hydrogen-bond donors (Lipinski definition) is 1. The minimum atomic E-state index is -1.12. The molecule has 1 aliphatic rings. The number of rotatable bonds is 5. The van der Waals surface area contributed by atoms with E-state index < -0.39 is 13.1 Å². The summed E-state index contributed by atoms with van der Waals surface area (Å²) >= 11 is 1.54. The molecule has 24 heavy (non-hydrogen) atoms. The van der Waals surface area contributed by atoms with E-state index in [0.717, 1.165) is 10.4 Å². The molecule has 0 saturated carbocycles. The fourth-order valence-corrected chi connectivity index (χ4v) is 3.63. The molecule has 0 amide bonds. The van der Waals surface area contributed by atoms with Crippen LogP contribution in [0.25, 0.3) is 0 Å². The van der Waals surface area contributed by atoms with E-state index in [9.17, 15) is 14.6 Å². The Morgan fingerprint density at radius 2 is 2.21 bits per heavy atom. The standard InChI is InChI=1S/C17H17BO5S/c1-22-17(20)15-6-2-4-11-8-12(18(21)23-16(11)15)9-13(19)10-14-5-3-7-24-14/h2-7,12,21H,8-10H2,1H3/t12-/m1/s1. The lowest BCUT2D eigenvalue weighted by molar-refractivity contribution is -0.118. The second-order valence-electron chi connectivity index (χ2n) is 5.76. The van der Waals surface area contributed by atoms with Gasteiger partial charge >= 0.3 is 13.1 Å². The average Bonchev–Trinajstić information content (AvgIpc) is 3.07. The molecule has 1 aromatic heterocycles. The highest BCUT2D eigenvalue weighted by Gasteiger charge is 2.37. The second-order valence-corrected chi connectivity index (χ2v) is 6.79. The van der Waals surface area contributed by atoms with Crippen LogP contribution in [0, 0.1) is 0 Å². The Kier molecular flexibility index (Phi) is 5.01. The van der Waals surface area contributed by atoms with Gasteiger partial charge in [0.25, 0.3) is 0 Å². The summed E-state index contributed by atoms with van der Waals surface area (Å²) < 4.78 is 10.3. The summed E-state index contributed by atoms with van der Waals surface area (Å²) in [6, 6.07) is 9.02. The smallest absolute Gasteiger partial charge is 0.526 e. The summed E-state index contributed by atoms with van der Waals surface area (Å²) in [7, 11) is 0.183. The molecule has 1 aromatic carbocycles. The first-order valence-electron chi connectivity index (χ1n) is 7.67. The van der Waals surface area contributed by atoms with E-state index in [0.29, 0.717) is 18.6 Å². The molecule has 0 saturated heterocycles. The van der Waals surface area contributed by atoms with Crippen LogP contribution >= 0.6 is 11.3 Å². The Hall–Kier alpha value is -2.12. The summed E-state index contributed by atoms with van der Waals surface area (Å²) in [5.41, 5.74) is 1.09. The lowest BCUT2D eigenvalue weighted by Crippen LogP contribution is -2.36. The maximum Gasteiger partial charge on any atom is 0.526 e. The van der Waals surface area contributed by atoms with Crippen LogP contribution in [0.3, 0.4) is 0 Å². The van der Waals surface area contributed by atoms with Crippen LogP contribution in [0.1, 0.15) is 27.2 Å². The van der Waals surface area contributed by atoms with E-state index in [2.05, 4.69) is 0 Å². The predicted molar refractivity (Wildman–Crippen MR) is 91.5 cm³/mol. The van der Waals surface area contributed by atoms with Crippen molar-refractivity contribution in [3.05, 3.63) is 51.7 Å². The van der Waals surface area contributed by atoms with Crippen molar-refractivity contribution >= 4 is 30.2 Å². The van der Waals surface area contributed by atoms with E-state index in [4.69, 9.17) is 9.39 Å². The van der Waals surface area contributed by atoms with Gasteiger partial charge < -0.3 is 14.4 Å². The molecule has 7 heteroatoms. The van der Waals surface area contributed by atoms with Gasteiger partial charge in [-0.2, -0.15) is 0 Å². The van der Waals surface area contributed by atoms with Crippen molar-refractivity contribution in [1.82, 2.24) is 0 Å². The summed E-state index contributed by atoms with van der Waals surface area (Å²) in [5.74, 6) is -0.416. The molecular formula is C17H17BO5S. The van der Waals surface area contributed by atoms with Gasteiger partial charge in [-0.25, -0.2) is 4.79 Å². The minimum Gasteiger partial charge on any atom is -0.535 e. The number of carbonyl (C=O) groups is 2. The van der Waals surface area contributed by atoms with Crippen molar-refractivity contribution in [3.8, 4) is 5.75 Å². The van der Waals surface area contributed by atoms with Crippen LogP contribution in [0.15, 0.2) is 35.7 Å². The van der Waals surface area contributed by atoms with E-state index in [1.54, 1.807) is 23.5 Å². The Bertz CT molecular complexity index is 743. The highest BCUT2D eigenvalue weighted by atomic mass is 32.1. The minimum absolute atomic E-state index is 0.0673. The van der Waals surface area contributed by atoms with E-state index in [1.165, 1.54) is 7.11 Å². The second kappa shape index (κ2) is 7.19. The molecule has 1 atom stereocenters. The molecule has 0 unspecified atom stereocenters. The Morgan fingerprint density at radius 3 is 2.92 bits per heavy atom. The molecule has 1 N–H and O–H groups in total. The Morgan fingerprint density at radius 1 is 1.38 bits per heavy atom. The monoisotopic (exact) mass is 344 g/mol. The topological polar surface area (TPSA) is 72.8 Å². The largest absolute Gasteiger partial charge is 0.535 e. The van der Waals surface area contributed by atoms with Crippen molar-refractivity contribution in [2.45, 2.75) is 25.1 Å². The van der Waals surface area contributed by atoms with Crippen LogP contribution < -0.4 is 4.65 Å². The van der Waals surface area contributed by atoms with E-state index >= 15 is 0 Å². The fraction of sp³-hybridized carbons (Fsp3) is 0.294. The molecule has 0 aliphatic carbocycles. The van der Waals surface area contributed by atoms with E-state index in [-0.39, 0.29) is 23.6 Å². The quantitative estimate of drug-likeness (QED) is 0.667. The highest BCUT2D eigenvalue weighted by molar-refractivity contribution is 7.10. The molecule has 0 spiro atoms. The average molecular weight is 344 g/mol. The van der Waals surface area contributed by atoms with Gasteiger partial charge in [0.15, 0.2) is 0 Å². The van der Waals surface area contributed by atoms with Gasteiger partial charge in [-0.1, -0.05) is 18.2 Å². The number of esters is 1. The third-order valence-electron chi connectivity index (χ3n) is 4.07. The third kappa shape index (κ3) is 3.52. The van der Waals surface area contributed by atoms with Crippen LogP contribution in [0.5, 0.6) is 5.75 Å². The van der Waals surface area contributed by atoms with Crippen molar-refractivity contribution < 1.29 is 24.0 Å². The van der Waals surface area contributed by atoms with Crippen molar-refractivity contribution in [3.63, 3.8) is 0 Å². The molecule has 124 valence electrons. The van der Waals surface area contributed by atoms with Gasteiger partial charge in [-0.05, 0) is 29.5 Å². The number of Topliss-reactive ketones (excluding diaryl/α,β-unsaturated/α-hetero) is 1. The normalized spacial score (nSPS) is 16.2. The zero-order valence-electron chi connectivity index (χ0n) is 13.2. The summed E-state index contributed by atoms with van der Waals surface area (Å²) in [4.78, 5) is 25.0. The number of benzene rings is 1. The van der Waals surface area contributed by atoms with Crippen molar-refractivity contribution in [1.29, 1.82) is 0 Å². The third-order valence-corrected chi connectivity index (χ3v) is 4.94. The molecule has 5 nitrogen and oxygen atoms in total. The molecule has 0 radical (unpaired) electrons. The van der Waals surface area contributed by atoms with Gasteiger partial charge in [0.05, 0.1) is 7.11 Å². The summed E-state index contributed by atoms with van der Waals surface area (Å²) in [5, 5.41) is 12.2. The lowest BCUT2D eigenvalue weighted by Gasteiger charge is -2.28. The molecule has 2 heterocycles. The van der Waals surface area contributed by atoms with Gasteiger partial charge in [0.1, 0.15) is 17.1 Å². The molecule has 2 aromatic rings. The first-order chi connectivity index (χ1) is 11.6. The first-order valence-corrected chi connectivity index (χ1v) is 8.55. The van der Waals surface area contributed by atoms with E-state index in [1.807, 2.05) is 23.6 Å². The van der Waals surface area contributed by atoms with Gasteiger partial charge in [-0.15, -0.1) is 11.3 Å². The van der Waals surface area contributed by atoms with Crippen LogP contribution in [0.2, 0.25) is 5.82 Å².